The molecule has 0 saturated carbocycles. The van der Waals surface area contributed by atoms with Crippen molar-refractivity contribution in [2.75, 3.05) is 12.3 Å². The van der Waals surface area contributed by atoms with E-state index in [1.54, 1.807) is 6.07 Å². The fraction of sp³-hybridized carbons (Fsp3) is 0.500. The molecule has 0 spiro atoms. The zero-order valence-electron chi connectivity index (χ0n) is 10.8. The molecule has 3 nitrogen and oxygen atoms in total. The van der Waals surface area contributed by atoms with Crippen LogP contribution >= 0.6 is 0 Å². The van der Waals surface area contributed by atoms with E-state index in [1.165, 1.54) is 0 Å². The van der Waals surface area contributed by atoms with Crippen LogP contribution in [0.4, 0.5) is 5.69 Å². The highest BCUT2D eigenvalue weighted by molar-refractivity contribution is 5.96. The second-order valence-corrected chi connectivity index (χ2v) is 4.71. The first kappa shape index (κ1) is 13.6. The van der Waals surface area contributed by atoms with E-state index in [2.05, 4.69) is 13.8 Å². The molecule has 0 amide bonds. The minimum absolute atomic E-state index is 0.315. The molecule has 2 N–H and O–H groups in total. The predicted octanol–water partition coefficient (Wildman–Crippen LogP) is 3.17. The lowest BCUT2D eigenvalue weighted by Crippen LogP contribution is -2.11. The Balaban J connectivity index is 2.53. The van der Waals surface area contributed by atoms with Crippen molar-refractivity contribution in [2.45, 2.75) is 33.6 Å². The van der Waals surface area contributed by atoms with E-state index in [0.29, 0.717) is 23.8 Å². The molecule has 0 radical (unpaired) electrons. The summed E-state index contributed by atoms with van der Waals surface area (Å²) in [6.07, 6.45) is 1.96. The van der Waals surface area contributed by atoms with Gasteiger partial charge in [-0.25, -0.2) is 4.79 Å². The summed E-state index contributed by atoms with van der Waals surface area (Å²) >= 11 is 0. The van der Waals surface area contributed by atoms with Crippen LogP contribution in [0, 0.1) is 12.8 Å². The number of carbonyl (C=O) groups is 1. The van der Waals surface area contributed by atoms with Gasteiger partial charge in [-0.3, -0.25) is 0 Å². The van der Waals surface area contributed by atoms with E-state index in [9.17, 15) is 4.79 Å². The van der Waals surface area contributed by atoms with Gasteiger partial charge in [0, 0.05) is 5.69 Å². The third-order valence-electron chi connectivity index (χ3n) is 2.67. The summed E-state index contributed by atoms with van der Waals surface area (Å²) < 4.78 is 5.22. The van der Waals surface area contributed by atoms with Crippen molar-refractivity contribution in [1.82, 2.24) is 0 Å². The van der Waals surface area contributed by atoms with Crippen LogP contribution in [0.1, 0.15) is 42.6 Å². The molecule has 94 valence electrons. The minimum Gasteiger partial charge on any atom is -0.462 e. The maximum atomic E-state index is 11.8. The molecule has 0 aliphatic heterocycles. The summed E-state index contributed by atoms with van der Waals surface area (Å²) in [7, 11) is 0. The van der Waals surface area contributed by atoms with E-state index in [0.717, 1.165) is 18.4 Å². The van der Waals surface area contributed by atoms with Gasteiger partial charge in [0.25, 0.3) is 0 Å². The van der Waals surface area contributed by atoms with Gasteiger partial charge in [0.15, 0.2) is 0 Å². The molecule has 1 aromatic rings. The van der Waals surface area contributed by atoms with E-state index in [4.69, 9.17) is 10.5 Å². The predicted molar refractivity (Wildman–Crippen MR) is 69.9 cm³/mol. The van der Waals surface area contributed by atoms with Gasteiger partial charge in [-0.05, 0) is 37.3 Å². The molecule has 0 fully saturated rings. The van der Waals surface area contributed by atoms with Crippen molar-refractivity contribution in [1.29, 1.82) is 0 Å². The van der Waals surface area contributed by atoms with E-state index in [1.807, 2.05) is 19.1 Å². The number of carbonyl (C=O) groups excluding carboxylic acids is 1. The lowest BCUT2D eigenvalue weighted by molar-refractivity contribution is 0.0495. The first-order chi connectivity index (χ1) is 8.02. The smallest absolute Gasteiger partial charge is 0.340 e. The van der Waals surface area contributed by atoms with Crippen LogP contribution in [0.5, 0.6) is 0 Å². The summed E-state index contributed by atoms with van der Waals surface area (Å²) in [4.78, 5) is 11.8. The summed E-state index contributed by atoms with van der Waals surface area (Å²) in [6, 6.07) is 5.42. The number of benzene rings is 1. The quantitative estimate of drug-likeness (QED) is 0.484. The highest BCUT2D eigenvalue weighted by Gasteiger charge is 2.13. The van der Waals surface area contributed by atoms with Gasteiger partial charge in [-0.1, -0.05) is 26.0 Å². The molecule has 0 aliphatic rings. The second kappa shape index (κ2) is 6.28. The lowest BCUT2D eigenvalue weighted by atomic mass is 10.1. The Morgan fingerprint density at radius 3 is 2.71 bits per heavy atom. The number of ether oxygens (including phenoxy) is 1. The number of anilines is 1. The molecular weight excluding hydrogens is 214 g/mol. The van der Waals surface area contributed by atoms with Gasteiger partial charge in [-0.2, -0.15) is 0 Å². The van der Waals surface area contributed by atoms with Crippen molar-refractivity contribution < 1.29 is 9.53 Å². The van der Waals surface area contributed by atoms with Crippen LogP contribution in [0.3, 0.4) is 0 Å². The number of esters is 1. The normalized spacial score (nSPS) is 10.6. The SMILES string of the molecule is Cc1cccc(N)c1C(=O)OCCCC(C)C. The molecule has 0 atom stereocenters. The fourth-order valence-corrected chi connectivity index (χ4v) is 1.70. The third kappa shape index (κ3) is 4.10. The van der Waals surface area contributed by atoms with Gasteiger partial charge in [0.05, 0.1) is 12.2 Å². The lowest BCUT2D eigenvalue weighted by Gasteiger charge is -2.10. The van der Waals surface area contributed by atoms with Gasteiger partial charge in [0.1, 0.15) is 0 Å². The molecule has 1 aromatic carbocycles. The van der Waals surface area contributed by atoms with Gasteiger partial charge in [-0.15, -0.1) is 0 Å². The molecular formula is C14H21NO2. The second-order valence-electron chi connectivity index (χ2n) is 4.71. The molecule has 0 aliphatic carbocycles. The van der Waals surface area contributed by atoms with E-state index < -0.39 is 0 Å². The number of hydrogen-bond donors (Lipinski definition) is 1. The number of nitrogen functional groups attached to an aromatic ring is 1. The Kier molecular flexibility index (Phi) is 5.01. The molecule has 1 rings (SSSR count). The summed E-state index contributed by atoms with van der Waals surface area (Å²) in [5.74, 6) is 0.321. The van der Waals surface area contributed by atoms with Crippen LogP contribution in [0.25, 0.3) is 0 Å². The maximum Gasteiger partial charge on any atom is 0.340 e. The van der Waals surface area contributed by atoms with E-state index >= 15 is 0 Å². The standard InChI is InChI=1S/C14H21NO2/c1-10(2)6-5-9-17-14(16)13-11(3)7-4-8-12(13)15/h4,7-8,10H,5-6,9,15H2,1-3H3. The summed E-state index contributed by atoms with van der Waals surface area (Å²) in [5.41, 5.74) is 7.62. The average molecular weight is 235 g/mol. The van der Waals surface area contributed by atoms with Gasteiger partial charge >= 0.3 is 5.97 Å². The number of rotatable bonds is 5. The number of aryl methyl sites for hydroxylation is 1. The first-order valence-corrected chi connectivity index (χ1v) is 6.04. The van der Waals surface area contributed by atoms with Crippen molar-refractivity contribution in [2.24, 2.45) is 5.92 Å². The largest absolute Gasteiger partial charge is 0.462 e. The highest BCUT2D eigenvalue weighted by atomic mass is 16.5. The molecule has 0 saturated heterocycles. The summed E-state index contributed by atoms with van der Waals surface area (Å²) in [5, 5.41) is 0. The zero-order valence-corrected chi connectivity index (χ0v) is 10.8. The zero-order chi connectivity index (χ0) is 12.8. The van der Waals surface area contributed by atoms with Crippen LogP contribution in [-0.2, 0) is 4.74 Å². The molecule has 0 aromatic heterocycles. The van der Waals surface area contributed by atoms with Crippen LogP contribution in [-0.4, -0.2) is 12.6 Å². The Morgan fingerprint density at radius 1 is 1.41 bits per heavy atom. The van der Waals surface area contributed by atoms with Crippen LogP contribution in [0.15, 0.2) is 18.2 Å². The highest BCUT2D eigenvalue weighted by Crippen LogP contribution is 2.17. The van der Waals surface area contributed by atoms with Crippen molar-refractivity contribution in [3.8, 4) is 0 Å². The van der Waals surface area contributed by atoms with Crippen molar-refractivity contribution >= 4 is 11.7 Å². The Morgan fingerprint density at radius 2 is 2.12 bits per heavy atom. The van der Waals surface area contributed by atoms with Crippen molar-refractivity contribution in [3.63, 3.8) is 0 Å². The van der Waals surface area contributed by atoms with E-state index in [-0.39, 0.29) is 5.97 Å². The monoisotopic (exact) mass is 235 g/mol. The first-order valence-electron chi connectivity index (χ1n) is 6.04. The average Bonchev–Trinajstić information content (AvgIpc) is 2.24. The van der Waals surface area contributed by atoms with Crippen LogP contribution < -0.4 is 5.73 Å². The van der Waals surface area contributed by atoms with Crippen LogP contribution in [0.2, 0.25) is 0 Å². The third-order valence-corrected chi connectivity index (χ3v) is 2.67. The van der Waals surface area contributed by atoms with Gasteiger partial charge in [0.2, 0.25) is 0 Å². The summed E-state index contributed by atoms with van der Waals surface area (Å²) in [6.45, 7) is 6.63. The molecule has 17 heavy (non-hydrogen) atoms. The Labute approximate surface area is 103 Å². The molecule has 0 heterocycles. The maximum absolute atomic E-state index is 11.8. The van der Waals surface area contributed by atoms with Gasteiger partial charge < -0.3 is 10.5 Å². The minimum atomic E-state index is -0.315. The molecule has 0 unspecified atom stereocenters. The number of hydrogen-bond acceptors (Lipinski definition) is 3. The topological polar surface area (TPSA) is 52.3 Å². The Bertz CT molecular complexity index is 366. The number of nitrogens with two attached hydrogens (primary N) is 1. The fourth-order valence-electron chi connectivity index (χ4n) is 1.70. The molecule has 3 heteroatoms. The van der Waals surface area contributed by atoms with Crippen molar-refractivity contribution in [3.05, 3.63) is 29.3 Å². The Hall–Kier alpha value is -1.51. The molecule has 0 bridgehead atoms.